The molecule has 0 spiro atoms. The molecule has 16 heavy (non-hydrogen) atoms. The Morgan fingerprint density at radius 1 is 1.31 bits per heavy atom. The molecule has 2 aromatic heterocycles. The van der Waals surface area contributed by atoms with E-state index >= 15 is 0 Å². The zero-order valence-corrected chi connectivity index (χ0v) is 8.60. The van der Waals surface area contributed by atoms with Gasteiger partial charge in [-0.3, -0.25) is 0 Å². The Bertz CT molecular complexity index is 548. The van der Waals surface area contributed by atoms with Gasteiger partial charge >= 0.3 is 0 Å². The molecule has 0 aromatic carbocycles. The van der Waals surface area contributed by atoms with Crippen LogP contribution in [0.15, 0.2) is 16.7 Å². The Hall–Kier alpha value is -2.04. The van der Waals surface area contributed by atoms with Gasteiger partial charge in [0.15, 0.2) is 5.76 Å². The summed E-state index contributed by atoms with van der Waals surface area (Å²) in [7, 11) is 0. The minimum atomic E-state index is -0.0354. The van der Waals surface area contributed by atoms with Gasteiger partial charge in [-0.05, 0) is 25.3 Å². The Labute approximate surface area is 91.9 Å². The zero-order chi connectivity index (χ0) is 11.1. The maximum Gasteiger partial charge on any atom is 0.224 e. The summed E-state index contributed by atoms with van der Waals surface area (Å²) in [6.45, 7) is 0. The molecule has 0 unspecified atom stereocenters. The molecule has 0 radical (unpaired) electrons. The van der Waals surface area contributed by atoms with Crippen LogP contribution in [0.3, 0.4) is 0 Å². The number of aryl methyl sites for hydroxylation is 1. The second-order valence-electron chi connectivity index (χ2n) is 3.86. The molecule has 3 rings (SSSR count). The van der Waals surface area contributed by atoms with Crippen LogP contribution < -0.4 is 5.73 Å². The van der Waals surface area contributed by atoms with E-state index in [1.165, 1.54) is 0 Å². The van der Waals surface area contributed by atoms with Crippen LogP contribution in [0.2, 0.25) is 0 Å². The minimum Gasteiger partial charge on any atom is -0.493 e. The maximum absolute atomic E-state index is 9.75. The second kappa shape index (κ2) is 3.23. The number of hydrogen-bond donors (Lipinski definition) is 2. The Morgan fingerprint density at radius 3 is 3.06 bits per heavy atom. The number of aromatic hydroxyl groups is 1. The average Bonchev–Trinajstić information content (AvgIpc) is 2.62. The molecule has 0 amide bonds. The highest BCUT2D eigenvalue weighted by atomic mass is 16.3. The van der Waals surface area contributed by atoms with Crippen LogP contribution >= 0.6 is 0 Å². The topological polar surface area (TPSA) is 85.2 Å². The second-order valence-corrected chi connectivity index (χ2v) is 3.86. The van der Waals surface area contributed by atoms with E-state index in [0.717, 1.165) is 30.4 Å². The number of hydrogen-bond acceptors (Lipinski definition) is 5. The van der Waals surface area contributed by atoms with Crippen molar-refractivity contribution in [2.75, 3.05) is 5.73 Å². The van der Waals surface area contributed by atoms with Gasteiger partial charge in [-0.15, -0.1) is 0 Å². The van der Waals surface area contributed by atoms with Crippen LogP contribution in [0.5, 0.6) is 5.88 Å². The molecule has 5 nitrogen and oxygen atoms in total. The van der Waals surface area contributed by atoms with Crippen LogP contribution in [0.25, 0.3) is 11.5 Å². The third-order valence-electron chi connectivity index (χ3n) is 2.84. The smallest absolute Gasteiger partial charge is 0.224 e. The number of rotatable bonds is 0. The third-order valence-corrected chi connectivity index (χ3v) is 2.84. The van der Waals surface area contributed by atoms with Crippen LogP contribution in [0.4, 0.5) is 5.95 Å². The minimum absolute atomic E-state index is 0.0354. The van der Waals surface area contributed by atoms with Gasteiger partial charge in [0.1, 0.15) is 5.69 Å². The fourth-order valence-electron chi connectivity index (χ4n) is 2.10. The van der Waals surface area contributed by atoms with E-state index < -0.39 is 0 Å². The highest BCUT2D eigenvalue weighted by molar-refractivity contribution is 5.65. The van der Waals surface area contributed by atoms with Crippen molar-refractivity contribution < 1.29 is 9.52 Å². The molecule has 0 aliphatic heterocycles. The van der Waals surface area contributed by atoms with Crippen molar-refractivity contribution >= 4 is 5.95 Å². The van der Waals surface area contributed by atoms with Crippen molar-refractivity contribution in [3.8, 4) is 17.3 Å². The number of nitrogens with zero attached hydrogens (tertiary/aromatic N) is 2. The SMILES string of the molecule is Nc1nc(O)c2c(n1)-c1occc1CCC2. The highest BCUT2D eigenvalue weighted by Crippen LogP contribution is 2.35. The van der Waals surface area contributed by atoms with E-state index in [9.17, 15) is 5.11 Å². The lowest BCUT2D eigenvalue weighted by Gasteiger charge is -2.06. The normalized spacial score (nSPS) is 14.0. The van der Waals surface area contributed by atoms with Crippen molar-refractivity contribution in [3.05, 3.63) is 23.5 Å². The van der Waals surface area contributed by atoms with Gasteiger partial charge in [0.2, 0.25) is 11.8 Å². The Balaban J connectivity index is 2.31. The van der Waals surface area contributed by atoms with Crippen molar-refractivity contribution in [1.82, 2.24) is 9.97 Å². The predicted octanol–water partition coefficient (Wildman–Crippen LogP) is 1.51. The molecule has 2 heterocycles. The quantitative estimate of drug-likeness (QED) is 0.698. The van der Waals surface area contributed by atoms with E-state index in [1.54, 1.807) is 6.26 Å². The third kappa shape index (κ3) is 1.25. The first-order chi connectivity index (χ1) is 7.75. The van der Waals surface area contributed by atoms with E-state index in [-0.39, 0.29) is 11.8 Å². The van der Waals surface area contributed by atoms with Gasteiger partial charge in [0.05, 0.1) is 6.26 Å². The van der Waals surface area contributed by atoms with Crippen LogP contribution in [-0.2, 0) is 12.8 Å². The molecule has 0 atom stereocenters. The van der Waals surface area contributed by atoms with Gasteiger partial charge < -0.3 is 15.3 Å². The number of nitrogens with two attached hydrogens (primary N) is 1. The number of furan rings is 1. The summed E-state index contributed by atoms with van der Waals surface area (Å²) in [5.41, 5.74) is 8.00. The summed E-state index contributed by atoms with van der Waals surface area (Å²) < 4.78 is 5.42. The lowest BCUT2D eigenvalue weighted by atomic mass is 10.1. The van der Waals surface area contributed by atoms with Gasteiger partial charge in [-0.25, -0.2) is 4.98 Å². The van der Waals surface area contributed by atoms with Crippen molar-refractivity contribution in [2.45, 2.75) is 19.3 Å². The first-order valence-electron chi connectivity index (χ1n) is 5.18. The van der Waals surface area contributed by atoms with E-state index in [1.807, 2.05) is 6.07 Å². The Morgan fingerprint density at radius 2 is 2.19 bits per heavy atom. The van der Waals surface area contributed by atoms with Gasteiger partial charge in [0.25, 0.3) is 0 Å². The summed E-state index contributed by atoms with van der Waals surface area (Å²) in [4.78, 5) is 7.93. The number of anilines is 1. The molecule has 0 fully saturated rings. The first-order valence-corrected chi connectivity index (χ1v) is 5.18. The molecule has 0 saturated carbocycles. The van der Waals surface area contributed by atoms with E-state index in [2.05, 4.69) is 9.97 Å². The lowest BCUT2D eigenvalue weighted by molar-refractivity contribution is 0.445. The standard InChI is InChI=1S/C11H11N3O2/c12-11-13-8-7(10(15)14-11)3-1-2-6-4-5-16-9(6)8/h4-5H,1-3H2,(H3,12,13,14,15). The van der Waals surface area contributed by atoms with Gasteiger partial charge in [-0.1, -0.05) is 0 Å². The van der Waals surface area contributed by atoms with Crippen molar-refractivity contribution in [1.29, 1.82) is 0 Å². The van der Waals surface area contributed by atoms with E-state index in [4.69, 9.17) is 10.2 Å². The van der Waals surface area contributed by atoms with Gasteiger partial charge in [-0.2, -0.15) is 4.98 Å². The molecular weight excluding hydrogens is 206 g/mol. The van der Waals surface area contributed by atoms with Crippen molar-refractivity contribution in [3.63, 3.8) is 0 Å². The summed E-state index contributed by atoms with van der Waals surface area (Å²) in [5, 5.41) is 9.75. The fraction of sp³-hybridized carbons (Fsp3) is 0.273. The molecule has 1 aliphatic rings. The number of nitrogen functional groups attached to an aromatic ring is 1. The Kier molecular flexibility index (Phi) is 1.86. The molecule has 0 bridgehead atoms. The lowest BCUT2D eigenvalue weighted by Crippen LogP contribution is -2.00. The molecule has 1 aliphatic carbocycles. The molecule has 3 N–H and O–H groups in total. The van der Waals surface area contributed by atoms with Crippen LogP contribution in [0, 0.1) is 0 Å². The summed E-state index contributed by atoms with van der Waals surface area (Å²) in [5.74, 6) is 0.740. The summed E-state index contributed by atoms with van der Waals surface area (Å²) >= 11 is 0. The van der Waals surface area contributed by atoms with Crippen molar-refractivity contribution in [2.24, 2.45) is 0 Å². The van der Waals surface area contributed by atoms with Crippen LogP contribution in [-0.4, -0.2) is 15.1 Å². The predicted molar refractivity (Wildman–Crippen MR) is 57.8 cm³/mol. The van der Waals surface area contributed by atoms with Crippen LogP contribution in [0.1, 0.15) is 17.5 Å². The summed E-state index contributed by atoms with van der Waals surface area (Å²) in [6, 6.07) is 1.93. The molecule has 5 heteroatoms. The molecular formula is C11H11N3O2. The molecule has 2 aromatic rings. The summed E-state index contributed by atoms with van der Waals surface area (Å²) in [6.07, 6.45) is 4.24. The number of fused-ring (bicyclic) bond motifs is 3. The highest BCUT2D eigenvalue weighted by Gasteiger charge is 2.22. The number of aromatic nitrogens is 2. The first kappa shape index (κ1) is 9.21. The monoisotopic (exact) mass is 217 g/mol. The largest absolute Gasteiger partial charge is 0.493 e. The van der Waals surface area contributed by atoms with E-state index in [0.29, 0.717) is 11.5 Å². The van der Waals surface area contributed by atoms with Gasteiger partial charge in [0, 0.05) is 11.1 Å². The maximum atomic E-state index is 9.75. The fourth-order valence-corrected chi connectivity index (χ4v) is 2.10. The molecule has 0 saturated heterocycles. The molecule has 82 valence electrons. The zero-order valence-electron chi connectivity index (χ0n) is 8.60. The average molecular weight is 217 g/mol.